The van der Waals surface area contributed by atoms with E-state index >= 15 is 0 Å². The second-order valence-electron chi connectivity index (χ2n) is 7.54. The van der Waals surface area contributed by atoms with Gasteiger partial charge in [0.05, 0.1) is 12.2 Å². The van der Waals surface area contributed by atoms with Gasteiger partial charge in [-0.15, -0.1) is 0 Å². The van der Waals surface area contributed by atoms with Crippen LogP contribution in [0.15, 0.2) is 10.6 Å². The summed E-state index contributed by atoms with van der Waals surface area (Å²) in [5.74, 6) is 1.06. The van der Waals surface area contributed by atoms with E-state index in [1.54, 1.807) is 26.0 Å². The third-order valence-electron chi connectivity index (χ3n) is 5.72. The summed E-state index contributed by atoms with van der Waals surface area (Å²) >= 11 is 0. The number of aryl methyl sites for hydroxylation is 1. The lowest BCUT2D eigenvalue weighted by Crippen LogP contribution is -2.36. The fourth-order valence-electron chi connectivity index (χ4n) is 4.13. The van der Waals surface area contributed by atoms with Crippen molar-refractivity contribution in [3.05, 3.63) is 40.3 Å². The molecule has 2 aromatic heterocycles. The van der Waals surface area contributed by atoms with Gasteiger partial charge in [-0.25, -0.2) is 4.79 Å². The number of carbonyl (C=O) groups excluding carboxylic acids is 2. The van der Waals surface area contributed by atoms with E-state index in [-0.39, 0.29) is 17.8 Å². The van der Waals surface area contributed by atoms with Gasteiger partial charge in [-0.2, -0.15) is 4.98 Å². The number of hydrogen-bond donors (Lipinski definition) is 0. The molecule has 162 valence electrons. The Kier molecular flexibility index (Phi) is 6.74. The first-order valence-corrected chi connectivity index (χ1v) is 10.5. The zero-order chi connectivity index (χ0) is 21.8. The molecular formula is C22H30N4O4. The third-order valence-corrected chi connectivity index (χ3v) is 5.72. The minimum Gasteiger partial charge on any atom is -0.462 e. The van der Waals surface area contributed by atoms with Crippen molar-refractivity contribution in [1.29, 1.82) is 0 Å². The number of hydrogen-bond acceptors (Lipinski definition) is 6. The summed E-state index contributed by atoms with van der Waals surface area (Å²) in [6.45, 7) is 11.8. The summed E-state index contributed by atoms with van der Waals surface area (Å²) in [7, 11) is 0. The molecule has 1 fully saturated rings. The van der Waals surface area contributed by atoms with E-state index in [4.69, 9.17) is 9.26 Å². The van der Waals surface area contributed by atoms with Crippen LogP contribution in [0.4, 0.5) is 0 Å². The SMILES string of the molecule is CCOC(=O)c1c(/C=C/C(=O)N2CCC(c3nc(C)no3)CC2)c(C)n(CC)c1C. The zero-order valence-electron chi connectivity index (χ0n) is 18.4. The molecule has 0 aromatic carbocycles. The van der Waals surface area contributed by atoms with Gasteiger partial charge in [0, 0.05) is 48.6 Å². The van der Waals surface area contributed by atoms with E-state index in [2.05, 4.69) is 14.7 Å². The maximum Gasteiger partial charge on any atom is 0.340 e. The highest BCUT2D eigenvalue weighted by molar-refractivity contribution is 5.98. The third kappa shape index (κ3) is 4.32. The number of piperidine rings is 1. The molecule has 0 unspecified atom stereocenters. The maximum atomic E-state index is 12.8. The Morgan fingerprint density at radius 3 is 2.43 bits per heavy atom. The Bertz CT molecular complexity index is 949. The van der Waals surface area contributed by atoms with E-state index in [1.165, 1.54) is 0 Å². The number of nitrogens with zero attached hydrogens (tertiary/aromatic N) is 4. The lowest BCUT2D eigenvalue weighted by Gasteiger charge is -2.29. The van der Waals surface area contributed by atoms with E-state index in [9.17, 15) is 9.59 Å². The molecule has 0 N–H and O–H groups in total. The van der Waals surface area contributed by atoms with Crippen LogP contribution < -0.4 is 0 Å². The normalized spacial score (nSPS) is 15.2. The van der Waals surface area contributed by atoms with Gasteiger partial charge in [-0.3, -0.25) is 4.79 Å². The topological polar surface area (TPSA) is 90.5 Å². The number of rotatable bonds is 6. The first kappa shape index (κ1) is 21.8. The molecule has 1 saturated heterocycles. The largest absolute Gasteiger partial charge is 0.462 e. The Hall–Kier alpha value is -2.90. The highest BCUT2D eigenvalue weighted by atomic mass is 16.5. The fourth-order valence-corrected chi connectivity index (χ4v) is 4.13. The van der Waals surface area contributed by atoms with Crippen molar-refractivity contribution in [2.75, 3.05) is 19.7 Å². The van der Waals surface area contributed by atoms with E-state index in [1.807, 2.05) is 25.7 Å². The minimum absolute atomic E-state index is 0.0636. The molecule has 2 aromatic rings. The van der Waals surface area contributed by atoms with Gasteiger partial charge in [0.1, 0.15) is 0 Å². The first-order valence-electron chi connectivity index (χ1n) is 10.5. The van der Waals surface area contributed by atoms with Crippen LogP contribution in [0, 0.1) is 20.8 Å². The summed E-state index contributed by atoms with van der Waals surface area (Å²) in [4.78, 5) is 31.4. The lowest BCUT2D eigenvalue weighted by atomic mass is 9.96. The molecule has 3 heterocycles. The van der Waals surface area contributed by atoms with Crippen molar-refractivity contribution >= 4 is 18.0 Å². The van der Waals surface area contributed by atoms with Gasteiger partial charge >= 0.3 is 5.97 Å². The Morgan fingerprint density at radius 2 is 1.87 bits per heavy atom. The summed E-state index contributed by atoms with van der Waals surface area (Å²) < 4.78 is 12.6. The van der Waals surface area contributed by atoms with Crippen molar-refractivity contribution in [3.8, 4) is 0 Å². The molecule has 0 spiro atoms. The van der Waals surface area contributed by atoms with E-state index < -0.39 is 0 Å². The highest BCUT2D eigenvalue weighted by Gasteiger charge is 2.27. The molecular weight excluding hydrogens is 384 g/mol. The van der Waals surface area contributed by atoms with Crippen LogP contribution in [0.2, 0.25) is 0 Å². The minimum atomic E-state index is -0.354. The molecule has 8 heteroatoms. The highest BCUT2D eigenvalue weighted by Crippen LogP contribution is 2.28. The average molecular weight is 415 g/mol. The second-order valence-corrected chi connectivity index (χ2v) is 7.54. The first-order chi connectivity index (χ1) is 14.4. The number of carbonyl (C=O) groups is 2. The smallest absolute Gasteiger partial charge is 0.340 e. The Balaban J connectivity index is 1.73. The van der Waals surface area contributed by atoms with Crippen molar-refractivity contribution in [2.45, 2.75) is 59.9 Å². The lowest BCUT2D eigenvalue weighted by molar-refractivity contribution is -0.127. The predicted octanol–water partition coefficient (Wildman–Crippen LogP) is 3.41. The number of likely N-dealkylation sites (tertiary alicyclic amines) is 1. The van der Waals surface area contributed by atoms with Crippen molar-refractivity contribution in [3.63, 3.8) is 0 Å². The van der Waals surface area contributed by atoms with Crippen molar-refractivity contribution in [2.24, 2.45) is 0 Å². The van der Waals surface area contributed by atoms with Gasteiger partial charge in [0.25, 0.3) is 0 Å². The zero-order valence-corrected chi connectivity index (χ0v) is 18.4. The quantitative estimate of drug-likeness (QED) is 0.531. The molecule has 3 rings (SSSR count). The van der Waals surface area contributed by atoms with Gasteiger partial charge in [0.2, 0.25) is 11.8 Å². The standard InChI is InChI=1S/C22H30N4O4/c1-6-26-14(3)18(20(15(26)4)22(28)29-7-2)8-9-19(27)25-12-10-17(11-13-25)21-23-16(5)24-30-21/h8-9,17H,6-7,10-13H2,1-5H3/b9-8+. The molecule has 0 aliphatic carbocycles. The molecule has 0 saturated carbocycles. The van der Waals surface area contributed by atoms with Crippen LogP contribution in [-0.2, 0) is 16.1 Å². The summed E-state index contributed by atoms with van der Waals surface area (Å²) in [5, 5.41) is 3.85. The van der Waals surface area contributed by atoms with Gasteiger partial charge in [-0.05, 0) is 53.5 Å². The van der Waals surface area contributed by atoms with Crippen LogP contribution in [0.1, 0.15) is 71.6 Å². The van der Waals surface area contributed by atoms with E-state index in [0.29, 0.717) is 37.0 Å². The predicted molar refractivity (Wildman–Crippen MR) is 112 cm³/mol. The fraction of sp³-hybridized carbons (Fsp3) is 0.545. The molecule has 0 atom stereocenters. The second kappa shape index (κ2) is 9.28. The molecule has 0 bridgehead atoms. The average Bonchev–Trinajstić information content (AvgIpc) is 3.27. The molecule has 30 heavy (non-hydrogen) atoms. The van der Waals surface area contributed by atoms with Crippen molar-refractivity contribution < 1.29 is 18.8 Å². The summed E-state index contributed by atoms with van der Waals surface area (Å²) in [5.41, 5.74) is 3.09. The van der Waals surface area contributed by atoms with Crippen LogP contribution in [0.25, 0.3) is 6.08 Å². The van der Waals surface area contributed by atoms with Gasteiger partial charge in [-0.1, -0.05) is 5.16 Å². The molecule has 8 nitrogen and oxygen atoms in total. The number of esters is 1. The maximum absolute atomic E-state index is 12.8. The van der Waals surface area contributed by atoms with Crippen LogP contribution in [0.3, 0.4) is 0 Å². The number of amides is 1. The Labute approximate surface area is 176 Å². The van der Waals surface area contributed by atoms with Crippen LogP contribution in [-0.4, -0.2) is 51.2 Å². The van der Waals surface area contributed by atoms with Gasteiger partial charge < -0.3 is 18.7 Å². The van der Waals surface area contributed by atoms with Gasteiger partial charge in [0.15, 0.2) is 5.82 Å². The van der Waals surface area contributed by atoms with E-state index in [0.717, 1.165) is 36.3 Å². The van der Waals surface area contributed by atoms with Crippen LogP contribution in [0.5, 0.6) is 0 Å². The van der Waals surface area contributed by atoms with Crippen LogP contribution >= 0.6 is 0 Å². The molecule has 0 radical (unpaired) electrons. The number of ether oxygens (including phenoxy) is 1. The number of aromatic nitrogens is 3. The molecule has 1 aliphatic heterocycles. The Morgan fingerprint density at radius 1 is 1.17 bits per heavy atom. The summed E-state index contributed by atoms with van der Waals surface area (Å²) in [6.07, 6.45) is 4.89. The molecule has 1 amide bonds. The molecule has 1 aliphatic rings. The van der Waals surface area contributed by atoms with Crippen molar-refractivity contribution in [1.82, 2.24) is 19.6 Å². The monoisotopic (exact) mass is 414 g/mol. The summed E-state index contributed by atoms with van der Waals surface area (Å²) in [6, 6.07) is 0.